The molecule has 0 aliphatic heterocycles. The smallest absolute Gasteiger partial charge is 0.416 e. The number of halogens is 3. The van der Waals surface area contributed by atoms with Crippen LogP contribution in [-0.2, 0) is 9.47 Å². The summed E-state index contributed by atoms with van der Waals surface area (Å²) in [6, 6.07) is 0.405. The summed E-state index contributed by atoms with van der Waals surface area (Å²) in [5, 5.41) is 6.48. The number of fused-ring (bicyclic) bond motifs is 1. The van der Waals surface area contributed by atoms with E-state index in [4.69, 9.17) is 9.47 Å². The summed E-state index contributed by atoms with van der Waals surface area (Å²) in [6.45, 7) is 6.22. The van der Waals surface area contributed by atoms with Crippen LogP contribution in [0.2, 0.25) is 0 Å². The van der Waals surface area contributed by atoms with Gasteiger partial charge in [-0.05, 0) is 40.7 Å². The molecule has 0 fully saturated rings. The van der Waals surface area contributed by atoms with Gasteiger partial charge < -0.3 is 14.8 Å². The molecule has 8 nitrogen and oxygen atoms in total. The molecule has 2 rings (SSSR count). The minimum Gasteiger partial charge on any atom is -0.444 e. The van der Waals surface area contributed by atoms with Gasteiger partial charge >= 0.3 is 12.3 Å². The SMILES string of the molecule is CC(C)(C)OC(=O)N[C@@H](COC(C)(C)C(F)(F)F)c1cn2ncc(C=O)cc2n1. The summed E-state index contributed by atoms with van der Waals surface area (Å²) in [5.74, 6) is 0. The summed E-state index contributed by atoms with van der Waals surface area (Å²) >= 11 is 0. The third-order valence-corrected chi connectivity index (χ3v) is 3.84. The van der Waals surface area contributed by atoms with Crippen LogP contribution in [0, 0.1) is 0 Å². The number of ether oxygens (including phenoxy) is 2. The molecule has 2 aromatic rings. The fraction of sp³-hybridized carbons (Fsp3) is 0.556. The Morgan fingerprint density at radius 1 is 1.28 bits per heavy atom. The molecule has 0 spiro atoms. The van der Waals surface area contributed by atoms with Gasteiger partial charge in [-0.25, -0.2) is 14.3 Å². The average molecular weight is 416 g/mol. The van der Waals surface area contributed by atoms with Gasteiger partial charge in [0, 0.05) is 5.56 Å². The van der Waals surface area contributed by atoms with E-state index >= 15 is 0 Å². The molecule has 0 aliphatic carbocycles. The van der Waals surface area contributed by atoms with Gasteiger partial charge in [0.1, 0.15) is 5.60 Å². The standard InChI is InChI=1S/C18H23F3N4O4/c1-16(2,3)29-15(27)24-13(10-28-17(4,5)18(19,20)21)12-8-25-14(23-12)6-11(9-26)7-22-25/h6-9,13H,10H2,1-5H3,(H,24,27)/t13-/m0/s1. The van der Waals surface area contributed by atoms with Gasteiger partial charge in [-0.3, -0.25) is 4.79 Å². The van der Waals surface area contributed by atoms with E-state index < -0.39 is 36.1 Å². The van der Waals surface area contributed by atoms with Crippen molar-refractivity contribution in [3.63, 3.8) is 0 Å². The van der Waals surface area contributed by atoms with Gasteiger partial charge in [-0.1, -0.05) is 0 Å². The summed E-state index contributed by atoms with van der Waals surface area (Å²) in [7, 11) is 0. The van der Waals surface area contributed by atoms with Crippen molar-refractivity contribution in [1.29, 1.82) is 0 Å². The van der Waals surface area contributed by atoms with E-state index in [0.29, 0.717) is 6.29 Å². The topological polar surface area (TPSA) is 94.8 Å². The van der Waals surface area contributed by atoms with E-state index in [0.717, 1.165) is 13.8 Å². The maximum Gasteiger partial charge on any atom is 0.416 e. The molecule has 0 saturated heterocycles. The first kappa shape index (κ1) is 22.6. The fourth-order valence-corrected chi connectivity index (χ4v) is 2.17. The molecular formula is C18H23F3N4O4. The number of aldehydes is 1. The Hall–Kier alpha value is -2.69. The summed E-state index contributed by atoms with van der Waals surface area (Å²) in [5.41, 5.74) is -2.48. The summed E-state index contributed by atoms with van der Waals surface area (Å²) in [4.78, 5) is 27.3. The molecule has 2 aromatic heterocycles. The van der Waals surface area contributed by atoms with E-state index in [1.54, 1.807) is 20.8 Å². The molecule has 11 heteroatoms. The second-order valence-corrected chi connectivity index (χ2v) is 7.89. The van der Waals surface area contributed by atoms with Crippen LogP contribution in [0.5, 0.6) is 0 Å². The molecule has 0 aliphatic rings. The molecule has 2 heterocycles. The number of hydrogen-bond acceptors (Lipinski definition) is 6. The molecule has 0 unspecified atom stereocenters. The van der Waals surface area contributed by atoms with Gasteiger partial charge in [0.25, 0.3) is 0 Å². The van der Waals surface area contributed by atoms with Crippen LogP contribution in [0.3, 0.4) is 0 Å². The Balaban J connectivity index is 2.31. The Morgan fingerprint density at radius 3 is 2.48 bits per heavy atom. The van der Waals surface area contributed by atoms with Crippen LogP contribution in [0.1, 0.15) is 56.7 Å². The largest absolute Gasteiger partial charge is 0.444 e. The minimum absolute atomic E-state index is 0.199. The highest BCUT2D eigenvalue weighted by atomic mass is 19.4. The van der Waals surface area contributed by atoms with Crippen molar-refractivity contribution in [2.45, 2.75) is 58.0 Å². The van der Waals surface area contributed by atoms with Crippen molar-refractivity contribution < 1.29 is 32.2 Å². The molecular weight excluding hydrogens is 393 g/mol. The molecule has 160 valence electrons. The number of nitrogens with one attached hydrogen (secondary N) is 1. The number of carbonyl (C=O) groups excluding carboxylic acids is 2. The number of alkyl halides is 3. The predicted molar refractivity (Wildman–Crippen MR) is 96.6 cm³/mol. The fourth-order valence-electron chi connectivity index (χ4n) is 2.17. The third-order valence-electron chi connectivity index (χ3n) is 3.84. The van der Waals surface area contributed by atoms with Crippen LogP contribution in [0.25, 0.3) is 5.65 Å². The highest BCUT2D eigenvalue weighted by Crippen LogP contribution is 2.33. The first-order valence-corrected chi connectivity index (χ1v) is 8.72. The molecule has 0 radical (unpaired) electrons. The highest BCUT2D eigenvalue weighted by molar-refractivity contribution is 5.76. The summed E-state index contributed by atoms with van der Waals surface area (Å²) in [6.07, 6.45) is -2.12. The van der Waals surface area contributed by atoms with Crippen LogP contribution in [-0.4, -0.2) is 51.0 Å². The number of nitrogens with zero attached hydrogens (tertiary/aromatic N) is 3. The molecule has 0 bridgehead atoms. The Bertz CT molecular complexity index is 887. The number of amides is 1. The van der Waals surface area contributed by atoms with Gasteiger partial charge in [-0.2, -0.15) is 18.3 Å². The number of alkyl carbamates (subject to hydrolysis) is 1. The number of rotatable bonds is 6. The lowest BCUT2D eigenvalue weighted by atomic mass is 10.1. The minimum atomic E-state index is -4.61. The van der Waals surface area contributed by atoms with E-state index in [1.807, 2.05) is 0 Å². The van der Waals surface area contributed by atoms with Gasteiger partial charge in [0.05, 0.1) is 30.7 Å². The Labute approximate surface area is 165 Å². The van der Waals surface area contributed by atoms with Gasteiger partial charge in [0.15, 0.2) is 17.5 Å². The Kier molecular flexibility index (Phi) is 6.21. The molecule has 1 N–H and O–H groups in total. The Morgan fingerprint density at radius 2 is 1.93 bits per heavy atom. The lowest BCUT2D eigenvalue weighted by Crippen LogP contribution is -2.44. The van der Waals surface area contributed by atoms with Crippen LogP contribution in [0.4, 0.5) is 18.0 Å². The maximum absolute atomic E-state index is 13.1. The first-order valence-electron chi connectivity index (χ1n) is 8.72. The van der Waals surface area contributed by atoms with Crippen molar-refractivity contribution in [2.24, 2.45) is 0 Å². The number of imidazole rings is 1. The number of carbonyl (C=O) groups is 2. The maximum atomic E-state index is 13.1. The van der Waals surface area contributed by atoms with Gasteiger partial charge in [-0.15, -0.1) is 0 Å². The van der Waals surface area contributed by atoms with E-state index in [1.165, 1.54) is 23.0 Å². The van der Waals surface area contributed by atoms with Crippen LogP contribution < -0.4 is 5.32 Å². The van der Waals surface area contributed by atoms with Crippen molar-refractivity contribution in [3.05, 3.63) is 29.7 Å². The second kappa shape index (κ2) is 7.97. The second-order valence-electron chi connectivity index (χ2n) is 7.89. The molecule has 1 atom stereocenters. The van der Waals surface area contributed by atoms with E-state index in [2.05, 4.69) is 15.4 Å². The van der Waals surface area contributed by atoms with E-state index in [9.17, 15) is 22.8 Å². The molecule has 1 amide bonds. The van der Waals surface area contributed by atoms with Crippen molar-refractivity contribution in [2.75, 3.05) is 6.61 Å². The lowest BCUT2D eigenvalue weighted by Gasteiger charge is -2.30. The molecule has 29 heavy (non-hydrogen) atoms. The predicted octanol–water partition coefficient (Wildman–Crippen LogP) is 3.47. The van der Waals surface area contributed by atoms with Crippen molar-refractivity contribution in [1.82, 2.24) is 19.9 Å². The molecule has 0 saturated carbocycles. The third kappa shape index (κ3) is 5.89. The average Bonchev–Trinajstić information content (AvgIpc) is 2.98. The van der Waals surface area contributed by atoms with Crippen LogP contribution >= 0.6 is 0 Å². The van der Waals surface area contributed by atoms with Crippen molar-refractivity contribution >= 4 is 18.0 Å². The molecule has 0 aromatic carbocycles. The number of hydrogen-bond donors (Lipinski definition) is 1. The zero-order valence-corrected chi connectivity index (χ0v) is 16.7. The summed E-state index contributed by atoms with van der Waals surface area (Å²) < 4.78 is 50.9. The number of aromatic nitrogens is 3. The zero-order valence-electron chi connectivity index (χ0n) is 16.7. The highest BCUT2D eigenvalue weighted by Gasteiger charge is 2.49. The quantitative estimate of drug-likeness (QED) is 0.725. The first-order chi connectivity index (χ1) is 13.2. The van der Waals surface area contributed by atoms with Gasteiger partial charge in [0.2, 0.25) is 0 Å². The van der Waals surface area contributed by atoms with Crippen LogP contribution in [0.15, 0.2) is 18.5 Å². The van der Waals surface area contributed by atoms with Crippen molar-refractivity contribution in [3.8, 4) is 0 Å². The van der Waals surface area contributed by atoms with E-state index in [-0.39, 0.29) is 16.9 Å². The lowest BCUT2D eigenvalue weighted by molar-refractivity contribution is -0.265. The normalized spacial score (nSPS) is 13.9. The monoisotopic (exact) mass is 416 g/mol. The zero-order chi connectivity index (χ0) is 22.0.